The zero-order chi connectivity index (χ0) is 12.1. The van der Waals surface area contributed by atoms with E-state index >= 15 is 0 Å². The van der Waals surface area contributed by atoms with Gasteiger partial charge < -0.3 is 0 Å². The van der Waals surface area contributed by atoms with E-state index in [-0.39, 0.29) is 0 Å². The Kier molecular flexibility index (Phi) is 2.74. The molecule has 1 aromatic rings. The van der Waals surface area contributed by atoms with Crippen LogP contribution in [0.1, 0.15) is 12.0 Å². The number of hydrogen-bond acceptors (Lipinski definition) is 0. The Labute approximate surface area is 117 Å². The molecule has 4 rings (SSSR count). The molecule has 1 aliphatic heterocycles. The van der Waals surface area contributed by atoms with E-state index < -0.39 is 0 Å². The highest BCUT2D eigenvalue weighted by molar-refractivity contribution is 7.96. The Morgan fingerprint density at radius 1 is 1.11 bits per heavy atom. The Morgan fingerprint density at radius 3 is 2.50 bits per heavy atom. The van der Waals surface area contributed by atoms with E-state index in [0.29, 0.717) is 10.9 Å². The molecule has 1 unspecified atom stereocenters. The second-order valence-electron chi connectivity index (χ2n) is 6.00. The molecule has 94 valence electrons. The maximum absolute atomic E-state index is 6.08. The van der Waals surface area contributed by atoms with Crippen molar-refractivity contribution in [1.82, 2.24) is 0 Å². The lowest BCUT2D eigenvalue weighted by Gasteiger charge is -2.14. The molecule has 0 aromatic heterocycles. The third-order valence-electron chi connectivity index (χ3n) is 4.92. The summed E-state index contributed by atoms with van der Waals surface area (Å²) in [6.45, 7) is 0. The molecule has 3 aliphatic rings. The quantitative estimate of drug-likeness (QED) is 0.568. The summed E-state index contributed by atoms with van der Waals surface area (Å²) in [6, 6.07) is 8.44. The lowest BCUT2D eigenvalue weighted by atomic mass is 9.86. The monoisotopic (exact) mass is 277 g/mol. The van der Waals surface area contributed by atoms with Crippen molar-refractivity contribution < 1.29 is 0 Å². The molecule has 0 spiro atoms. The third kappa shape index (κ3) is 1.83. The van der Waals surface area contributed by atoms with Crippen LogP contribution in [-0.2, 0) is 16.6 Å². The maximum atomic E-state index is 6.08. The fraction of sp³-hybridized carbons (Fsp3) is 0.500. The molecule has 1 saturated heterocycles. The van der Waals surface area contributed by atoms with Crippen LogP contribution in [0.15, 0.2) is 36.4 Å². The van der Waals surface area contributed by atoms with E-state index in [9.17, 15) is 0 Å². The topological polar surface area (TPSA) is 0 Å². The predicted octanol–water partition coefficient (Wildman–Crippen LogP) is 3.91. The number of allylic oxidation sites excluding steroid dienone is 2. The molecule has 18 heavy (non-hydrogen) atoms. The van der Waals surface area contributed by atoms with E-state index in [1.807, 2.05) is 6.07 Å². The van der Waals surface area contributed by atoms with Gasteiger partial charge in [-0.05, 0) is 41.3 Å². The van der Waals surface area contributed by atoms with Crippen LogP contribution in [0.3, 0.4) is 0 Å². The highest BCUT2D eigenvalue weighted by atomic mass is 35.5. The predicted molar refractivity (Wildman–Crippen MR) is 80.0 cm³/mol. The van der Waals surface area contributed by atoms with Crippen molar-refractivity contribution in [2.45, 2.75) is 12.2 Å². The van der Waals surface area contributed by atoms with Gasteiger partial charge in [-0.1, -0.05) is 35.9 Å². The molecule has 2 heteroatoms. The van der Waals surface area contributed by atoms with Crippen LogP contribution in [0.4, 0.5) is 0 Å². The van der Waals surface area contributed by atoms with Crippen molar-refractivity contribution in [3.63, 3.8) is 0 Å². The zero-order valence-electron chi connectivity index (χ0n) is 10.4. The van der Waals surface area contributed by atoms with Crippen LogP contribution in [0.2, 0.25) is 5.02 Å². The van der Waals surface area contributed by atoms with Crippen LogP contribution >= 0.6 is 11.6 Å². The van der Waals surface area contributed by atoms with E-state index in [2.05, 4.69) is 30.4 Å². The standard InChI is InChI=1S/C16H18ClS/c17-14-3-1-2-11(6-14)8-18-9-15-12-4-5-13(7-12)16(15)10-18/h1-6,12-13,15-16H,7-10H2/q+1/t12-,13+,15-,16+,18?. The van der Waals surface area contributed by atoms with Gasteiger partial charge in [0, 0.05) is 22.4 Å². The summed E-state index contributed by atoms with van der Waals surface area (Å²) in [5, 5.41) is 0.886. The minimum atomic E-state index is 0.605. The molecular weight excluding hydrogens is 260 g/mol. The minimum absolute atomic E-state index is 0.605. The highest BCUT2D eigenvalue weighted by Crippen LogP contribution is 2.52. The number of rotatable bonds is 2. The first kappa shape index (κ1) is 11.4. The Bertz CT molecular complexity index is 476. The van der Waals surface area contributed by atoms with Crippen LogP contribution in [-0.4, -0.2) is 11.5 Å². The summed E-state index contributed by atoms with van der Waals surface area (Å²) in [7, 11) is 0.605. The van der Waals surface area contributed by atoms with Crippen LogP contribution in [0.25, 0.3) is 0 Å². The maximum Gasteiger partial charge on any atom is 0.133 e. The van der Waals surface area contributed by atoms with Crippen LogP contribution in [0.5, 0.6) is 0 Å². The van der Waals surface area contributed by atoms with Crippen molar-refractivity contribution in [2.75, 3.05) is 11.5 Å². The fourth-order valence-corrected chi connectivity index (χ4v) is 7.43. The fourth-order valence-electron chi connectivity index (χ4n) is 4.11. The van der Waals surface area contributed by atoms with Crippen molar-refractivity contribution in [3.05, 3.63) is 47.0 Å². The second kappa shape index (κ2) is 4.31. The van der Waals surface area contributed by atoms with Gasteiger partial charge in [-0.2, -0.15) is 0 Å². The largest absolute Gasteiger partial charge is 0.133 e. The molecule has 5 atom stereocenters. The molecular formula is C16H18ClS+. The lowest BCUT2D eigenvalue weighted by Crippen LogP contribution is -2.16. The Morgan fingerprint density at radius 2 is 1.83 bits per heavy atom. The van der Waals surface area contributed by atoms with Gasteiger partial charge in [0.05, 0.1) is 0 Å². The summed E-state index contributed by atoms with van der Waals surface area (Å²) in [6.07, 6.45) is 6.46. The van der Waals surface area contributed by atoms with Crippen molar-refractivity contribution in [2.24, 2.45) is 23.7 Å². The third-order valence-corrected chi connectivity index (χ3v) is 7.61. The summed E-state index contributed by atoms with van der Waals surface area (Å²) in [5.74, 6) is 8.09. The van der Waals surface area contributed by atoms with Crippen molar-refractivity contribution in [1.29, 1.82) is 0 Å². The smallest absolute Gasteiger partial charge is 0.0846 e. The number of halogens is 1. The molecule has 1 heterocycles. The van der Waals surface area contributed by atoms with Gasteiger partial charge in [-0.15, -0.1) is 0 Å². The molecule has 0 N–H and O–H groups in total. The van der Waals surface area contributed by atoms with Gasteiger partial charge in [-0.3, -0.25) is 0 Å². The minimum Gasteiger partial charge on any atom is -0.0846 e. The van der Waals surface area contributed by atoms with Crippen LogP contribution in [0, 0.1) is 23.7 Å². The number of hydrogen-bond donors (Lipinski definition) is 0. The summed E-state index contributed by atoms with van der Waals surface area (Å²) in [4.78, 5) is 0. The summed E-state index contributed by atoms with van der Waals surface area (Å²) in [5.41, 5.74) is 1.44. The zero-order valence-corrected chi connectivity index (χ0v) is 12.0. The van der Waals surface area contributed by atoms with E-state index in [1.165, 1.54) is 29.2 Å². The van der Waals surface area contributed by atoms with Gasteiger partial charge in [-0.25, -0.2) is 0 Å². The summed E-state index contributed by atoms with van der Waals surface area (Å²) < 4.78 is 0. The Hall–Kier alpha value is -0.400. The highest BCUT2D eigenvalue weighted by Gasteiger charge is 2.54. The SMILES string of the molecule is Clc1cccc(C[S+]2C[C@@H]3[C@H](C2)[C@@H]2C=C[C@H]3C2)c1. The molecule has 0 amide bonds. The molecule has 1 aromatic carbocycles. The van der Waals surface area contributed by atoms with E-state index in [0.717, 1.165) is 28.7 Å². The van der Waals surface area contributed by atoms with E-state index in [1.54, 1.807) is 0 Å². The van der Waals surface area contributed by atoms with Crippen molar-refractivity contribution >= 4 is 22.5 Å². The number of benzene rings is 1. The molecule has 2 fully saturated rings. The first-order valence-electron chi connectivity index (χ1n) is 6.86. The van der Waals surface area contributed by atoms with Gasteiger partial charge in [0.1, 0.15) is 17.3 Å². The molecule has 0 radical (unpaired) electrons. The van der Waals surface area contributed by atoms with Gasteiger partial charge in [0.15, 0.2) is 0 Å². The lowest BCUT2D eigenvalue weighted by molar-refractivity contribution is 0.395. The molecule has 0 nitrogen and oxygen atoms in total. The van der Waals surface area contributed by atoms with E-state index in [4.69, 9.17) is 11.6 Å². The number of fused-ring (bicyclic) bond motifs is 5. The average molecular weight is 278 g/mol. The van der Waals surface area contributed by atoms with Crippen LogP contribution < -0.4 is 0 Å². The summed E-state index contributed by atoms with van der Waals surface area (Å²) >= 11 is 6.08. The molecule has 2 bridgehead atoms. The Balaban J connectivity index is 1.47. The van der Waals surface area contributed by atoms with Gasteiger partial charge in [0.25, 0.3) is 0 Å². The molecule has 2 aliphatic carbocycles. The average Bonchev–Trinajstić information content (AvgIpc) is 2.99. The second-order valence-corrected chi connectivity index (χ2v) is 8.61. The first-order chi connectivity index (χ1) is 8.79. The van der Waals surface area contributed by atoms with Gasteiger partial charge in [0.2, 0.25) is 0 Å². The normalized spacial score (nSPS) is 40.4. The van der Waals surface area contributed by atoms with Gasteiger partial charge >= 0.3 is 0 Å². The van der Waals surface area contributed by atoms with Crippen molar-refractivity contribution in [3.8, 4) is 0 Å². The molecule has 1 saturated carbocycles. The first-order valence-corrected chi connectivity index (χ1v) is 8.97.